The van der Waals surface area contributed by atoms with Gasteiger partial charge in [-0.3, -0.25) is 4.79 Å². The number of nitrogens with zero attached hydrogens (tertiary/aromatic N) is 1. The van der Waals surface area contributed by atoms with Crippen molar-refractivity contribution in [3.8, 4) is 0 Å². The van der Waals surface area contributed by atoms with Gasteiger partial charge in [0.05, 0.1) is 5.56 Å². The fourth-order valence-electron chi connectivity index (χ4n) is 1.95. The van der Waals surface area contributed by atoms with Gasteiger partial charge < -0.3 is 4.52 Å². The van der Waals surface area contributed by atoms with Crippen molar-refractivity contribution in [1.29, 1.82) is 0 Å². The Morgan fingerprint density at radius 1 is 1.31 bits per heavy atom. The van der Waals surface area contributed by atoms with Crippen LogP contribution >= 0.6 is 0 Å². The molecule has 2 rings (SSSR count). The van der Waals surface area contributed by atoms with E-state index in [1.165, 1.54) is 0 Å². The van der Waals surface area contributed by atoms with Gasteiger partial charge in [0.2, 0.25) is 0 Å². The Balaban J connectivity index is 2.52. The quantitative estimate of drug-likeness (QED) is 0.692. The molecule has 0 bridgehead atoms. The van der Waals surface area contributed by atoms with Crippen molar-refractivity contribution in [1.82, 2.24) is 5.16 Å². The molecule has 0 spiro atoms. The zero-order valence-corrected chi connectivity index (χ0v) is 8.81. The monoisotopic (exact) mass is 233 g/mol. The molecule has 0 aromatic carbocycles. The van der Waals surface area contributed by atoms with Gasteiger partial charge in [-0.2, -0.15) is 13.2 Å². The van der Waals surface area contributed by atoms with Gasteiger partial charge >= 0.3 is 6.18 Å². The average Bonchev–Trinajstić information content (AvgIpc) is 2.43. The molecular formula is C10H10F3NO2. The van der Waals surface area contributed by atoms with Gasteiger partial charge in [0.25, 0.3) is 0 Å². The number of carbonyl (C=O) groups excluding carboxylic acids is 1. The summed E-state index contributed by atoms with van der Waals surface area (Å²) in [6, 6.07) is 0. The highest BCUT2D eigenvalue weighted by molar-refractivity contribution is 5.99. The summed E-state index contributed by atoms with van der Waals surface area (Å²) in [7, 11) is 0. The van der Waals surface area contributed by atoms with Crippen LogP contribution in [0.3, 0.4) is 0 Å². The molecular weight excluding hydrogens is 223 g/mol. The highest BCUT2D eigenvalue weighted by atomic mass is 19.4. The number of hydrogen-bond donors (Lipinski definition) is 0. The molecule has 1 aromatic heterocycles. The Morgan fingerprint density at radius 3 is 2.50 bits per heavy atom. The molecule has 88 valence electrons. The number of fused-ring (bicyclic) bond motifs is 1. The summed E-state index contributed by atoms with van der Waals surface area (Å²) >= 11 is 0. The molecule has 0 amide bonds. The topological polar surface area (TPSA) is 43.1 Å². The van der Waals surface area contributed by atoms with E-state index in [0.29, 0.717) is 6.42 Å². The van der Waals surface area contributed by atoms with Crippen molar-refractivity contribution in [3.05, 3.63) is 17.0 Å². The van der Waals surface area contributed by atoms with Crippen molar-refractivity contribution in [2.45, 2.75) is 32.9 Å². The zero-order valence-electron chi connectivity index (χ0n) is 8.81. The summed E-state index contributed by atoms with van der Waals surface area (Å²) < 4.78 is 42.1. The van der Waals surface area contributed by atoms with Crippen LogP contribution in [0.4, 0.5) is 13.2 Å². The predicted octanol–water partition coefficient (Wildman–Crippen LogP) is 2.85. The van der Waals surface area contributed by atoms with Crippen LogP contribution in [0.2, 0.25) is 0 Å². The van der Waals surface area contributed by atoms with Gasteiger partial charge in [-0.25, -0.2) is 0 Å². The van der Waals surface area contributed by atoms with Crippen LogP contribution in [0.15, 0.2) is 4.52 Å². The van der Waals surface area contributed by atoms with Crippen LogP contribution in [-0.2, 0) is 12.6 Å². The number of halogens is 3. The lowest BCUT2D eigenvalue weighted by atomic mass is 9.76. The van der Waals surface area contributed by atoms with Crippen LogP contribution in [0, 0.1) is 5.41 Å². The van der Waals surface area contributed by atoms with Gasteiger partial charge in [-0.15, -0.1) is 0 Å². The molecule has 0 saturated carbocycles. The first-order valence-corrected chi connectivity index (χ1v) is 4.80. The summed E-state index contributed by atoms with van der Waals surface area (Å²) in [6.45, 7) is 3.62. The second kappa shape index (κ2) is 3.09. The molecule has 0 atom stereocenters. The Morgan fingerprint density at radius 2 is 1.94 bits per heavy atom. The minimum Gasteiger partial charge on any atom is -0.360 e. The second-order valence-corrected chi connectivity index (χ2v) is 4.77. The highest BCUT2D eigenvalue weighted by Crippen LogP contribution is 2.40. The Labute approximate surface area is 89.6 Å². The molecule has 1 heterocycles. The molecule has 0 aliphatic heterocycles. The minimum atomic E-state index is -4.63. The van der Waals surface area contributed by atoms with Crippen molar-refractivity contribution in [2.24, 2.45) is 5.41 Å². The lowest BCUT2D eigenvalue weighted by molar-refractivity contribution is -0.143. The Hall–Kier alpha value is -1.33. The molecule has 16 heavy (non-hydrogen) atoms. The standard InChI is InChI=1S/C10H10F3NO2/c1-9(2)3-5(15)7-6(4-9)16-14-8(7)10(11,12)13/h3-4H2,1-2H3. The molecule has 0 N–H and O–H groups in total. The molecule has 1 aliphatic carbocycles. The predicted molar refractivity (Wildman–Crippen MR) is 47.9 cm³/mol. The number of rotatable bonds is 0. The van der Waals surface area contributed by atoms with E-state index < -0.39 is 17.7 Å². The number of hydrogen-bond acceptors (Lipinski definition) is 3. The lowest BCUT2D eigenvalue weighted by Gasteiger charge is -2.26. The first kappa shape index (κ1) is 11.2. The van der Waals surface area contributed by atoms with Gasteiger partial charge in [-0.1, -0.05) is 19.0 Å². The zero-order chi connectivity index (χ0) is 12.1. The number of ketones is 1. The first-order valence-electron chi connectivity index (χ1n) is 4.80. The first-order chi connectivity index (χ1) is 7.21. The molecule has 0 radical (unpaired) electrons. The summed E-state index contributed by atoms with van der Waals surface area (Å²) in [5.41, 5.74) is -1.94. The minimum absolute atomic E-state index is 0.0496. The summed E-state index contributed by atoms with van der Waals surface area (Å²) in [5, 5.41) is 2.96. The van der Waals surface area contributed by atoms with Crippen molar-refractivity contribution in [3.63, 3.8) is 0 Å². The number of carbonyl (C=O) groups is 1. The van der Waals surface area contributed by atoms with Crippen LogP contribution in [0.1, 0.15) is 42.1 Å². The van der Waals surface area contributed by atoms with Crippen LogP contribution in [0.25, 0.3) is 0 Å². The summed E-state index contributed by atoms with van der Waals surface area (Å²) in [5.74, 6) is -0.492. The Bertz CT molecular complexity index is 445. The summed E-state index contributed by atoms with van der Waals surface area (Å²) in [4.78, 5) is 11.6. The maximum atomic E-state index is 12.5. The third-order valence-electron chi connectivity index (χ3n) is 2.59. The second-order valence-electron chi connectivity index (χ2n) is 4.77. The van der Waals surface area contributed by atoms with E-state index in [0.717, 1.165) is 0 Å². The van der Waals surface area contributed by atoms with E-state index in [9.17, 15) is 18.0 Å². The van der Waals surface area contributed by atoms with Gasteiger partial charge in [0.15, 0.2) is 11.5 Å². The number of Topliss-reactive ketones (excluding diaryl/α,β-unsaturated/α-hetero) is 1. The largest absolute Gasteiger partial charge is 0.437 e. The van der Waals surface area contributed by atoms with Crippen molar-refractivity contribution >= 4 is 5.78 Å². The van der Waals surface area contributed by atoms with Gasteiger partial charge in [0, 0.05) is 12.8 Å². The molecule has 6 heteroatoms. The third kappa shape index (κ3) is 1.72. The van der Waals surface area contributed by atoms with Crippen molar-refractivity contribution in [2.75, 3.05) is 0 Å². The molecule has 0 fully saturated rings. The van der Waals surface area contributed by atoms with Gasteiger partial charge in [0.1, 0.15) is 5.76 Å². The normalized spacial score (nSPS) is 19.7. The van der Waals surface area contributed by atoms with Crippen LogP contribution in [-0.4, -0.2) is 10.9 Å². The number of alkyl halides is 3. The molecule has 1 aromatic rings. The fourth-order valence-corrected chi connectivity index (χ4v) is 1.95. The fraction of sp³-hybridized carbons (Fsp3) is 0.600. The average molecular weight is 233 g/mol. The maximum absolute atomic E-state index is 12.5. The highest BCUT2D eigenvalue weighted by Gasteiger charge is 2.45. The van der Waals surface area contributed by atoms with Gasteiger partial charge in [-0.05, 0) is 5.41 Å². The molecule has 0 unspecified atom stereocenters. The van der Waals surface area contributed by atoms with E-state index >= 15 is 0 Å². The van der Waals surface area contributed by atoms with E-state index in [1.807, 2.05) is 13.8 Å². The summed E-state index contributed by atoms with van der Waals surface area (Å²) in [6.07, 6.45) is -4.24. The number of aromatic nitrogens is 1. The lowest BCUT2D eigenvalue weighted by Crippen LogP contribution is -2.27. The maximum Gasteiger partial charge on any atom is 0.437 e. The van der Waals surface area contributed by atoms with E-state index in [-0.39, 0.29) is 23.2 Å². The van der Waals surface area contributed by atoms with E-state index in [4.69, 9.17) is 0 Å². The van der Waals surface area contributed by atoms with Crippen LogP contribution in [0.5, 0.6) is 0 Å². The van der Waals surface area contributed by atoms with Crippen molar-refractivity contribution < 1.29 is 22.5 Å². The smallest absolute Gasteiger partial charge is 0.360 e. The van der Waals surface area contributed by atoms with Crippen LogP contribution < -0.4 is 0 Å². The molecule has 0 saturated heterocycles. The third-order valence-corrected chi connectivity index (χ3v) is 2.59. The molecule has 3 nitrogen and oxygen atoms in total. The Kier molecular flexibility index (Phi) is 2.15. The van der Waals surface area contributed by atoms with E-state index in [1.54, 1.807) is 0 Å². The SMILES string of the molecule is CC1(C)CC(=O)c2c(C(F)(F)F)noc2C1. The molecule has 1 aliphatic rings. The van der Waals surface area contributed by atoms with E-state index in [2.05, 4.69) is 9.68 Å².